The molecule has 0 aliphatic carbocycles. The molecule has 0 spiro atoms. The highest BCUT2D eigenvalue weighted by molar-refractivity contribution is 7.90. The average molecular weight is 526 g/mol. The molecule has 0 radical (unpaired) electrons. The Labute approximate surface area is 210 Å². The second kappa shape index (κ2) is 11.5. The first kappa shape index (κ1) is 27.2. The van der Waals surface area contributed by atoms with Crippen molar-refractivity contribution in [1.82, 2.24) is 14.6 Å². The lowest BCUT2D eigenvalue weighted by atomic mass is 9.88. The van der Waals surface area contributed by atoms with Crippen LogP contribution in [0.3, 0.4) is 0 Å². The Balaban J connectivity index is 1.80. The van der Waals surface area contributed by atoms with Gasteiger partial charge in [-0.3, -0.25) is 14.4 Å². The van der Waals surface area contributed by atoms with Gasteiger partial charge in [0.1, 0.15) is 11.0 Å². The highest BCUT2D eigenvalue weighted by atomic mass is 35.5. The van der Waals surface area contributed by atoms with E-state index in [0.717, 1.165) is 15.2 Å². The minimum absolute atomic E-state index is 0.0647. The van der Waals surface area contributed by atoms with Gasteiger partial charge in [0.2, 0.25) is 15.9 Å². The molecule has 3 rings (SSSR count). The molecular weight excluding hydrogens is 494 g/mol. The van der Waals surface area contributed by atoms with Gasteiger partial charge in [0, 0.05) is 36.3 Å². The van der Waals surface area contributed by atoms with Gasteiger partial charge < -0.3 is 15.0 Å². The van der Waals surface area contributed by atoms with Crippen LogP contribution in [0.25, 0.3) is 10.9 Å². The number of sulfonamides is 1. The van der Waals surface area contributed by atoms with Gasteiger partial charge in [-0.1, -0.05) is 19.9 Å². The summed E-state index contributed by atoms with van der Waals surface area (Å²) in [6.07, 6.45) is 0.844. The SMILES string of the molecule is COc1cccc2[nH]c(C(=O)C[C@@H](CC(C)C)C(=O)CN(C[C@@H]3CCNC3=O)S(=O)(=O)CCl)cc12. The monoisotopic (exact) mass is 525 g/mol. The normalized spacial score (nSPS) is 17.2. The van der Waals surface area contributed by atoms with Crippen LogP contribution >= 0.6 is 11.6 Å². The third-order valence-electron chi connectivity index (χ3n) is 6.24. The number of benzene rings is 1. The molecule has 0 saturated carbocycles. The van der Waals surface area contributed by atoms with Crippen LogP contribution in [0.1, 0.15) is 43.6 Å². The molecular formula is C24H32ClN3O6S. The first-order valence-electron chi connectivity index (χ1n) is 11.6. The van der Waals surface area contributed by atoms with E-state index in [4.69, 9.17) is 16.3 Å². The standard InChI is InChI=1S/C24H32ClN3O6S/c1-15(2)9-17(10-21(29)20-11-18-19(27-20)5-4-6-23(18)34-3)22(30)13-28(35(32,33)14-25)12-16-7-8-26-24(16)31/h4-6,11,15-17,27H,7-10,12-14H2,1-3H3,(H,26,31)/t16-,17+/m0/s1. The first-order chi connectivity index (χ1) is 16.6. The number of ketones is 2. The predicted molar refractivity (Wildman–Crippen MR) is 134 cm³/mol. The summed E-state index contributed by atoms with van der Waals surface area (Å²) in [5, 5.41) is 2.74. The second-order valence-electron chi connectivity index (χ2n) is 9.31. The molecule has 2 heterocycles. The maximum Gasteiger partial charge on any atom is 0.228 e. The van der Waals surface area contributed by atoms with Crippen LogP contribution in [-0.4, -0.2) is 67.1 Å². The summed E-state index contributed by atoms with van der Waals surface area (Å²) in [5.41, 5.74) is 1.10. The van der Waals surface area contributed by atoms with Gasteiger partial charge in [0.25, 0.3) is 0 Å². The van der Waals surface area contributed by atoms with Crippen molar-refractivity contribution in [2.24, 2.45) is 17.8 Å². The zero-order valence-electron chi connectivity index (χ0n) is 20.2. The summed E-state index contributed by atoms with van der Waals surface area (Å²) in [7, 11) is -2.39. The zero-order valence-corrected chi connectivity index (χ0v) is 21.7. The number of hydrogen-bond donors (Lipinski definition) is 2. The molecule has 192 valence electrons. The van der Waals surface area contributed by atoms with Crippen LogP contribution in [0, 0.1) is 17.8 Å². The number of nitrogens with zero attached hydrogens (tertiary/aromatic N) is 1. The number of fused-ring (bicyclic) bond motifs is 1. The van der Waals surface area contributed by atoms with Gasteiger partial charge in [-0.05, 0) is 37.0 Å². The fraction of sp³-hybridized carbons (Fsp3) is 0.542. The van der Waals surface area contributed by atoms with Crippen molar-refractivity contribution in [3.8, 4) is 5.75 Å². The van der Waals surface area contributed by atoms with E-state index in [9.17, 15) is 22.8 Å². The van der Waals surface area contributed by atoms with E-state index < -0.39 is 33.6 Å². The number of amides is 1. The molecule has 1 aromatic heterocycles. The van der Waals surface area contributed by atoms with E-state index >= 15 is 0 Å². The molecule has 1 fully saturated rings. The highest BCUT2D eigenvalue weighted by Crippen LogP contribution is 2.28. The first-order valence-corrected chi connectivity index (χ1v) is 13.7. The number of carbonyl (C=O) groups is 3. The molecule has 35 heavy (non-hydrogen) atoms. The van der Waals surface area contributed by atoms with Gasteiger partial charge in [0.15, 0.2) is 11.6 Å². The topological polar surface area (TPSA) is 126 Å². The molecule has 1 amide bonds. The fourth-order valence-corrected chi connectivity index (χ4v) is 5.68. The molecule has 1 aromatic carbocycles. The summed E-state index contributed by atoms with van der Waals surface area (Å²) in [5.74, 6) is -1.33. The van der Waals surface area contributed by atoms with Gasteiger partial charge in [-0.25, -0.2) is 8.42 Å². The highest BCUT2D eigenvalue weighted by Gasteiger charge is 2.34. The van der Waals surface area contributed by atoms with Crippen LogP contribution in [0.4, 0.5) is 0 Å². The van der Waals surface area contributed by atoms with Crippen molar-refractivity contribution >= 4 is 50.0 Å². The Kier molecular flexibility index (Phi) is 8.95. The number of carbonyl (C=O) groups excluding carboxylic acids is 3. The summed E-state index contributed by atoms with van der Waals surface area (Å²) >= 11 is 5.67. The average Bonchev–Trinajstić information content (AvgIpc) is 3.43. The number of Topliss-reactive ketones (excluding diaryl/α,β-unsaturated/α-hetero) is 2. The number of alkyl halides is 1. The Morgan fingerprint density at radius 3 is 2.63 bits per heavy atom. The minimum atomic E-state index is -3.94. The van der Waals surface area contributed by atoms with E-state index in [2.05, 4.69) is 10.3 Å². The Hall–Kier alpha value is -2.43. The third kappa shape index (κ3) is 6.62. The van der Waals surface area contributed by atoms with Gasteiger partial charge in [-0.2, -0.15) is 4.31 Å². The lowest BCUT2D eigenvalue weighted by molar-refractivity contribution is -0.125. The number of aromatic amines is 1. The maximum absolute atomic E-state index is 13.3. The van der Waals surface area contributed by atoms with Crippen molar-refractivity contribution < 1.29 is 27.5 Å². The number of rotatable bonds is 13. The summed E-state index contributed by atoms with van der Waals surface area (Å²) < 4.78 is 31.6. The van der Waals surface area contributed by atoms with Crippen molar-refractivity contribution in [2.45, 2.75) is 33.1 Å². The smallest absolute Gasteiger partial charge is 0.228 e. The fourth-order valence-electron chi connectivity index (χ4n) is 4.40. The zero-order chi connectivity index (χ0) is 25.8. The molecule has 9 nitrogen and oxygen atoms in total. The molecule has 0 bridgehead atoms. The lowest BCUT2D eigenvalue weighted by Crippen LogP contribution is -2.43. The number of aromatic nitrogens is 1. The van der Waals surface area contributed by atoms with E-state index in [1.165, 1.54) is 0 Å². The molecule has 0 unspecified atom stereocenters. The largest absolute Gasteiger partial charge is 0.496 e. The van der Waals surface area contributed by atoms with Crippen molar-refractivity contribution in [3.05, 3.63) is 30.0 Å². The molecule has 2 atom stereocenters. The number of H-pyrrole nitrogens is 1. The number of ether oxygens (including phenoxy) is 1. The van der Waals surface area contributed by atoms with Crippen LogP contribution in [0.15, 0.2) is 24.3 Å². The third-order valence-corrected chi connectivity index (χ3v) is 8.41. The molecule has 11 heteroatoms. The quantitative estimate of drug-likeness (QED) is 0.306. The molecule has 1 aliphatic rings. The number of hydrogen-bond acceptors (Lipinski definition) is 6. The van der Waals surface area contributed by atoms with E-state index in [0.29, 0.717) is 30.8 Å². The van der Waals surface area contributed by atoms with Crippen molar-refractivity contribution in [2.75, 3.05) is 32.0 Å². The van der Waals surface area contributed by atoms with Crippen molar-refractivity contribution in [1.29, 1.82) is 0 Å². The van der Waals surface area contributed by atoms with Gasteiger partial charge in [0.05, 0.1) is 25.3 Å². The second-order valence-corrected chi connectivity index (χ2v) is 11.9. The summed E-state index contributed by atoms with van der Waals surface area (Å²) in [6, 6.07) is 7.15. The van der Waals surface area contributed by atoms with Crippen molar-refractivity contribution in [3.63, 3.8) is 0 Å². The van der Waals surface area contributed by atoms with E-state index in [1.54, 1.807) is 19.2 Å². The Bertz CT molecular complexity index is 1190. The van der Waals surface area contributed by atoms with Gasteiger partial charge >= 0.3 is 0 Å². The van der Waals surface area contributed by atoms with Crippen LogP contribution in [0.2, 0.25) is 0 Å². The minimum Gasteiger partial charge on any atom is -0.496 e. The summed E-state index contributed by atoms with van der Waals surface area (Å²) in [4.78, 5) is 41.5. The predicted octanol–water partition coefficient (Wildman–Crippen LogP) is 2.94. The summed E-state index contributed by atoms with van der Waals surface area (Å²) in [6.45, 7) is 3.80. The molecule has 1 saturated heterocycles. The Morgan fingerprint density at radius 1 is 1.29 bits per heavy atom. The van der Waals surface area contributed by atoms with E-state index in [1.807, 2.05) is 26.0 Å². The molecule has 1 aliphatic heterocycles. The van der Waals surface area contributed by atoms with E-state index in [-0.39, 0.29) is 36.4 Å². The number of methoxy groups -OCH3 is 1. The van der Waals surface area contributed by atoms with Crippen LogP contribution in [-0.2, 0) is 19.6 Å². The maximum atomic E-state index is 13.3. The van der Waals surface area contributed by atoms with Crippen LogP contribution in [0.5, 0.6) is 5.75 Å². The number of nitrogens with one attached hydrogen (secondary N) is 2. The van der Waals surface area contributed by atoms with Crippen LogP contribution < -0.4 is 10.1 Å². The Morgan fingerprint density at radius 2 is 2.03 bits per heavy atom. The number of halogens is 1. The molecule has 2 aromatic rings. The lowest BCUT2D eigenvalue weighted by Gasteiger charge is -2.25. The molecule has 2 N–H and O–H groups in total. The van der Waals surface area contributed by atoms with Gasteiger partial charge in [-0.15, -0.1) is 11.6 Å².